The van der Waals surface area contributed by atoms with Crippen molar-refractivity contribution in [1.82, 2.24) is 0 Å². The fourth-order valence-electron chi connectivity index (χ4n) is 1.19. The summed E-state index contributed by atoms with van der Waals surface area (Å²) in [6, 6.07) is 0. The second-order valence-corrected chi connectivity index (χ2v) is 3.92. The van der Waals surface area contributed by atoms with E-state index >= 15 is 0 Å². The highest BCUT2D eigenvalue weighted by molar-refractivity contribution is 6.51. The monoisotopic (exact) mass is 152 g/mol. The molecule has 0 heterocycles. The van der Waals surface area contributed by atoms with E-state index in [2.05, 4.69) is 13.8 Å². The van der Waals surface area contributed by atoms with Crippen molar-refractivity contribution in [2.45, 2.75) is 24.6 Å². The quantitative estimate of drug-likeness (QED) is 0.508. The van der Waals surface area contributed by atoms with Crippen LogP contribution in [0.25, 0.3) is 0 Å². The molecule has 0 amide bonds. The first-order chi connectivity index (χ1) is 3.60. The van der Waals surface area contributed by atoms with Crippen molar-refractivity contribution in [2.24, 2.45) is 11.8 Å². The van der Waals surface area contributed by atoms with Gasteiger partial charge in [-0.25, -0.2) is 0 Å². The topological polar surface area (TPSA) is 0 Å². The highest BCUT2D eigenvalue weighted by Crippen LogP contribution is 2.60. The second kappa shape index (κ2) is 1.78. The van der Waals surface area contributed by atoms with Crippen LogP contribution in [0.4, 0.5) is 0 Å². The lowest BCUT2D eigenvalue weighted by Gasteiger charge is -1.90. The molecule has 0 saturated heterocycles. The highest BCUT2D eigenvalue weighted by Gasteiger charge is 2.58. The Bertz CT molecular complexity index is 98.7. The maximum Gasteiger partial charge on any atom is 0.124 e. The van der Waals surface area contributed by atoms with E-state index in [9.17, 15) is 0 Å². The molecule has 0 unspecified atom stereocenters. The van der Waals surface area contributed by atoms with Crippen LogP contribution in [-0.2, 0) is 0 Å². The van der Waals surface area contributed by atoms with Crippen molar-refractivity contribution in [3.05, 3.63) is 0 Å². The van der Waals surface area contributed by atoms with E-state index in [0.717, 1.165) is 6.42 Å². The number of hydrogen-bond donors (Lipinski definition) is 0. The molecule has 2 heteroatoms. The molecule has 48 valence electrons. The van der Waals surface area contributed by atoms with Gasteiger partial charge in [-0.2, -0.15) is 0 Å². The van der Waals surface area contributed by atoms with Crippen molar-refractivity contribution >= 4 is 23.2 Å². The van der Waals surface area contributed by atoms with E-state index in [1.165, 1.54) is 0 Å². The van der Waals surface area contributed by atoms with Crippen LogP contribution < -0.4 is 0 Å². The molecule has 0 aromatic heterocycles. The van der Waals surface area contributed by atoms with E-state index in [-0.39, 0.29) is 4.33 Å². The molecule has 0 aromatic rings. The van der Waals surface area contributed by atoms with Crippen LogP contribution in [0, 0.1) is 11.8 Å². The average Bonchev–Trinajstić information content (AvgIpc) is 2.09. The lowest BCUT2D eigenvalue weighted by Crippen LogP contribution is -1.87. The Hall–Kier alpha value is 0.580. The fourth-order valence-corrected chi connectivity index (χ4v) is 2.05. The summed E-state index contributed by atoms with van der Waals surface area (Å²) in [5, 5.41) is 0. The summed E-state index contributed by atoms with van der Waals surface area (Å²) in [4.78, 5) is 0. The molecular formula is C6H10Cl2. The standard InChI is InChI=1S/C6H10Cl2/c1-3-5-4(2)6(5,7)8/h4-5H,3H2,1-2H3/t4-,5+/m1/s1. The minimum Gasteiger partial charge on any atom is -0.101 e. The first-order valence-electron chi connectivity index (χ1n) is 2.98. The summed E-state index contributed by atoms with van der Waals surface area (Å²) in [6.45, 7) is 4.21. The Labute approximate surface area is 60.2 Å². The number of halogens is 2. The molecule has 0 spiro atoms. The van der Waals surface area contributed by atoms with Gasteiger partial charge in [-0.3, -0.25) is 0 Å². The van der Waals surface area contributed by atoms with Crippen LogP contribution in [0.5, 0.6) is 0 Å². The number of hydrogen-bond acceptors (Lipinski definition) is 0. The summed E-state index contributed by atoms with van der Waals surface area (Å²) in [6.07, 6.45) is 1.11. The van der Waals surface area contributed by atoms with Gasteiger partial charge in [-0.15, -0.1) is 23.2 Å². The van der Waals surface area contributed by atoms with Gasteiger partial charge in [0.05, 0.1) is 0 Å². The predicted octanol–water partition coefficient (Wildman–Crippen LogP) is 2.84. The second-order valence-electron chi connectivity index (χ2n) is 2.48. The van der Waals surface area contributed by atoms with Crippen LogP contribution >= 0.6 is 23.2 Å². The molecule has 0 radical (unpaired) electrons. The molecule has 0 bridgehead atoms. The first-order valence-corrected chi connectivity index (χ1v) is 3.74. The van der Waals surface area contributed by atoms with Crippen molar-refractivity contribution in [2.75, 3.05) is 0 Å². The van der Waals surface area contributed by atoms with Gasteiger partial charge in [0.2, 0.25) is 0 Å². The minimum absolute atomic E-state index is 0.380. The van der Waals surface area contributed by atoms with Gasteiger partial charge in [0.1, 0.15) is 4.33 Å². The molecule has 8 heavy (non-hydrogen) atoms. The lowest BCUT2D eigenvalue weighted by atomic mass is 10.3. The number of alkyl halides is 2. The van der Waals surface area contributed by atoms with Crippen molar-refractivity contribution in [3.8, 4) is 0 Å². The Kier molecular flexibility index (Phi) is 1.49. The Morgan fingerprint density at radius 2 is 1.88 bits per heavy atom. The van der Waals surface area contributed by atoms with E-state index in [4.69, 9.17) is 23.2 Å². The van der Waals surface area contributed by atoms with E-state index in [1.54, 1.807) is 0 Å². The third-order valence-electron chi connectivity index (χ3n) is 2.04. The summed E-state index contributed by atoms with van der Waals surface area (Å²) in [7, 11) is 0. The van der Waals surface area contributed by atoms with Crippen molar-refractivity contribution < 1.29 is 0 Å². The van der Waals surface area contributed by atoms with Crippen LogP contribution in [-0.4, -0.2) is 4.33 Å². The molecule has 0 N–H and O–H groups in total. The first kappa shape index (κ1) is 6.70. The van der Waals surface area contributed by atoms with Crippen LogP contribution in [0.15, 0.2) is 0 Å². The van der Waals surface area contributed by atoms with Crippen LogP contribution in [0.1, 0.15) is 20.3 Å². The van der Waals surface area contributed by atoms with Crippen molar-refractivity contribution in [1.29, 1.82) is 0 Å². The fraction of sp³-hybridized carbons (Fsp3) is 1.00. The van der Waals surface area contributed by atoms with Gasteiger partial charge in [-0.1, -0.05) is 20.3 Å². The molecule has 1 aliphatic rings. The zero-order chi connectivity index (χ0) is 6.36. The van der Waals surface area contributed by atoms with Gasteiger partial charge in [0.25, 0.3) is 0 Å². The van der Waals surface area contributed by atoms with Gasteiger partial charge in [-0.05, 0) is 11.8 Å². The molecule has 1 rings (SSSR count). The van der Waals surface area contributed by atoms with Crippen LogP contribution in [0.2, 0.25) is 0 Å². The summed E-state index contributed by atoms with van der Waals surface area (Å²) >= 11 is 11.6. The molecule has 0 nitrogen and oxygen atoms in total. The Morgan fingerprint density at radius 3 is 1.88 bits per heavy atom. The molecule has 2 atom stereocenters. The predicted molar refractivity (Wildman–Crippen MR) is 37.4 cm³/mol. The van der Waals surface area contributed by atoms with Gasteiger partial charge < -0.3 is 0 Å². The van der Waals surface area contributed by atoms with Crippen molar-refractivity contribution in [3.63, 3.8) is 0 Å². The summed E-state index contributed by atoms with van der Waals surface area (Å²) in [5.41, 5.74) is 0. The Balaban J connectivity index is 2.45. The summed E-state index contributed by atoms with van der Waals surface area (Å²) in [5.74, 6) is 1.06. The largest absolute Gasteiger partial charge is 0.124 e. The maximum absolute atomic E-state index is 5.82. The molecule has 0 aromatic carbocycles. The van der Waals surface area contributed by atoms with E-state index in [1.807, 2.05) is 0 Å². The third-order valence-corrected chi connectivity index (χ3v) is 3.28. The minimum atomic E-state index is -0.380. The van der Waals surface area contributed by atoms with Crippen LogP contribution in [0.3, 0.4) is 0 Å². The molecule has 0 aliphatic heterocycles. The average molecular weight is 153 g/mol. The number of rotatable bonds is 1. The zero-order valence-corrected chi connectivity index (χ0v) is 6.63. The van der Waals surface area contributed by atoms with Gasteiger partial charge in [0.15, 0.2) is 0 Å². The smallest absolute Gasteiger partial charge is 0.101 e. The van der Waals surface area contributed by atoms with E-state index < -0.39 is 0 Å². The maximum atomic E-state index is 5.82. The van der Waals surface area contributed by atoms with E-state index in [0.29, 0.717) is 11.8 Å². The normalized spacial score (nSPS) is 42.0. The highest BCUT2D eigenvalue weighted by atomic mass is 35.5. The zero-order valence-electron chi connectivity index (χ0n) is 5.12. The van der Waals surface area contributed by atoms with Gasteiger partial charge in [0, 0.05) is 0 Å². The molecule has 1 saturated carbocycles. The SMILES string of the molecule is CC[C@H]1[C@@H](C)C1(Cl)Cl. The Morgan fingerprint density at radius 1 is 1.50 bits per heavy atom. The lowest BCUT2D eigenvalue weighted by molar-refractivity contribution is 0.722. The molecular weight excluding hydrogens is 143 g/mol. The van der Waals surface area contributed by atoms with Gasteiger partial charge >= 0.3 is 0 Å². The molecule has 1 fully saturated rings. The third kappa shape index (κ3) is 0.745. The molecule has 1 aliphatic carbocycles. The summed E-state index contributed by atoms with van der Waals surface area (Å²) < 4.78 is -0.380.